The second-order valence-corrected chi connectivity index (χ2v) is 20.8. The van der Waals surface area contributed by atoms with Crippen molar-refractivity contribution in [3.05, 3.63) is 293 Å². The van der Waals surface area contributed by atoms with Crippen LogP contribution in [0.15, 0.2) is 231 Å². The molecule has 0 radical (unpaired) electrons. The van der Waals surface area contributed by atoms with E-state index in [0.717, 1.165) is 88.4 Å². The van der Waals surface area contributed by atoms with Crippen LogP contribution in [0.3, 0.4) is 0 Å². The van der Waals surface area contributed by atoms with E-state index in [-0.39, 0.29) is 33.8 Å². The second-order valence-electron chi connectivity index (χ2n) is 20.8. The molecule has 0 atom stereocenters. The Kier molecular flexibility index (Phi) is 12.9. The number of hydrogen-bond acceptors (Lipinski definition) is 6. The molecule has 0 aliphatic carbocycles. The quantitative estimate of drug-likeness (QED) is 0.132. The van der Waals surface area contributed by atoms with E-state index >= 15 is 0 Å². The normalized spacial score (nSPS) is 10.9. The van der Waals surface area contributed by atoms with Gasteiger partial charge in [-0.1, -0.05) is 152 Å². The summed E-state index contributed by atoms with van der Waals surface area (Å²) in [7, 11) is 0. The number of fused-ring (bicyclic) bond motifs is 6. The third-order valence-corrected chi connectivity index (χ3v) is 15.9. The molecule has 0 unspecified atom stereocenters. The van der Waals surface area contributed by atoms with Crippen molar-refractivity contribution in [2.75, 3.05) is 0 Å². The monoisotopic (exact) mass is 1120 g/mol. The number of rotatable bonds is 9. The zero-order valence-electron chi connectivity index (χ0n) is 46.3. The standard InChI is InChI=1S/C76H38N12/c1-80-56-29-23-47(24-30-56)50-25-31-60(71(41-50)88-67-22-14-12-20-59(67)62-39-52(27-33-70(62)88)73-55(45-79)37-57(81-2)42-65(73)83-4)63-40-53(76-85-74(48-15-7-5-8-16-48)84-75(86-76)49-17-9-6-10-18-49)28-34-69(63)87-66-21-13-11-19-58(66)61-38-51(26-32-68(61)87)72-54(44-78)35-46(43-77)36-64(72)82-3/h5-42H. The van der Waals surface area contributed by atoms with Crippen LogP contribution in [0.25, 0.3) is 153 Å². The Morgan fingerprint density at radius 1 is 0.318 bits per heavy atom. The highest BCUT2D eigenvalue weighted by Crippen LogP contribution is 2.47. The lowest BCUT2D eigenvalue weighted by molar-refractivity contribution is 1.07. The molecule has 0 bridgehead atoms. The molecule has 14 aromatic rings. The predicted molar refractivity (Wildman–Crippen MR) is 346 cm³/mol. The Bertz CT molecular complexity index is 5460. The minimum atomic E-state index is 0.204. The van der Waals surface area contributed by atoms with E-state index in [1.165, 1.54) is 24.3 Å². The Morgan fingerprint density at radius 3 is 1.34 bits per heavy atom. The molecule has 12 heteroatoms. The maximum atomic E-state index is 10.5. The summed E-state index contributed by atoms with van der Waals surface area (Å²) < 4.78 is 4.49. The largest absolute Gasteiger partial charge is 0.309 e. The maximum Gasteiger partial charge on any atom is 0.197 e. The molecular weight excluding hydrogens is 1080 g/mol. The fourth-order valence-corrected chi connectivity index (χ4v) is 12.0. The fraction of sp³-hybridized carbons (Fsp3) is 0. The van der Waals surface area contributed by atoms with Gasteiger partial charge in [0.2, 0.25) is 0 Å². The smallest absolute Gasteiger partial charge is 0.197 e. The van der Waals surface area contributed by atoms with Crippen molar-refractivity contribution in [3.63, 3.8) is 0 Å². The first kappa shape index (κ1) is 52.5. The summed E-state index contributed by atoms with van der Waals surface area (Å²) in [6.07, 6.45) is 0. The second kappa shape index (κ2) is 21.7. The summed E-state index contributed by atoms with van der Waals surface area (Å²) in [6, 6.07) is 80.9. The Hall–Kier alpha value is -13.5. The van der Waals surface area contributed by atoms with Crippen LogP contribution in [0, 0.1) is 60.3 Å². The van der Waals surface area contributed by atoms with Gasteiger partial charge in [0.05, 0.1) is 83.5 Å². The lowest BCUT2D eigenvalue weighted by atomic mass is 9.94. The van der Waals surface area contributed by atoms with E-state index in [2.05, 4.69) is 101 Å². The molecule has 402 valence electrons. The van der Waals surface area contributed by atoms with Gasteiger partial charge in [-0.15, -0.1) is 0 Å². The predicted octanol–water partition coefficient (Wildman–Crippen LogP) is 19.6. The van der Waals surface area contributed by atoms with Gasteiger partial charge in [-0.25, -0.2) is 34.3 Å². The summed E-state index contributed by atoms with van der Waals surface area (Å²) in [5.41, 5.74) is 14.8. The molecule has 0 amide bonds. The summed E-state index contributed by atoms with van der Waals surface area (Å²) in [6.45, 7) is 31.8. The van der Waals surface area contributed by atoms with Gasteiger partial charge in [0, 0.05) is 71.6 Å². The molecule has 3 aromatic heterocycles. The van der Waals surface area contributed by atoms with Gasteiger partial charge in [-0.05, 0) is 101 Å². The summed E-state index contributed by atoms with van der Waals surface area (Å²) in [5, 5.41) is 34.3. The first-order valence-corrected chi connectivity index (χ1v) is 27.7. The zero-order chi connectivity index (χ0) is 60.0. The van der Waals surface area contributed by atoms with Crippen molar-refractivity contribution in [1.82, 2.24) is 24.1 Å². The van der Waals surface area contributed by atoms with Gasteiger partial charge in [-0.2, -0.15) is 15.8 Å². The number of aromatic nitrogens is 5. The number of benzene rings is 11. The molecule has 0 N–H and O–H groups in total. The SMILES string of the molecule is [C-]#[N+]c1ccc(-c2ccc(-c3cc(-c4nc(-c5ccccc5)nc(-c5ccccc5)n4)ccc3-n3c4ccccc4c4cc(-c5c(C#N)cc(C#N)cc5[N+]#[C-])ccc43)c(-n3c4ccccc4c4cc(-c5c(C#N)cc([N+]#[C-])cc5[N+]#[C-])ccc43)c2)cc1. The molecule has 0 spiro atoms. The highest BCUT2D eigenvalue weighted by atomic mass is 15.0. The summed E-state index contributed by atoms with van der Waals surface area (Å²) in [5.74, 6) is 1.45. The number of para-hydroxylation sites is 2. The zero-order valence-corrected chi connectivity index (χ0v) is 46.3. The molecule has 0 fully saturated rings. The van der Waals surface area contributed by atoms with E-state index in [0.29, 0.717) is 51.0 Å². The maximum absolute atomic E-state index is 10.5. The van der Waals surface area contributed by atoms with Gasteiger partial charge in [-0.3, -0.25) is 0 Å². The Morgan fingerprint density at radius 2 is 0.795 bits per heavy atom. The Balaban J connectivity index is 1.08. The topological polar surface area (TPSA) is 137 Å². The molecule has 0 saturated carbocycles. The van der Waals surface area contributed by atoms with E-state index < -0.39 is 0 Å². The van der Waals surface area contributed by atoms with Crippen molar-refractivity contribution in [2.45, 2.75) is 0 Å². The molecule has 0 aliphatic rings. The van der Waals surface area contributed by atoms with E-state index in [4.69, 9.17) is 41.2 Å². The van der Waals surface area contributed by atoms with E-state index in [9.17, 15) is 15.8 Å². The molecular formula is C76H38N12. The third-order valence-electron chi connectivity index (χ3n) is 15.9. The van der Waals surface area contributed by atoms with E-state index in [1.807, 2.05) is 152 Å². The number of nitrogens with zero attached hydrogens (tertiary/aromatic N) is 12. The molecule has 11 aromatic carbocycles. The number of hydrogen-bond donors (Lipinski definition) is 0. The van der Waals surface area contributed by atoms with Gasteiger partial charge in [0.15, 0.2) is 40.2 Å². The first-order valence-electron chi connectivity index (χ1n) is 27.7. The van der Waals surface area contributed by atoms with Crippen molar-refractivity contribution in [3.8, 4) is 108 Å². The fourth-order valence-electron chi connectivity index (χ4n) is 12.0. The first-order chi connectivity index (χ1) is 43.3. The minimum absolute atomic E-state index is 0.204. The average Bonchev–Trinajstić information content (AvgIpc) is 1.76. The van der Waals surface area contributed by atoms with Crippen LogP contribution in [-0.4, -0.2) is 24.1 Å². The minimum Gasteiger partial charge on any atom is -0.309 e. The van der Waals surface area contributed by atoms with Crippen LogP contribution in [0.1, 0.15) is 16.7 Å². The van der Waals surface area contributed by atoms with Crippen molar-refractivity contribution in [2.24, 2.45) is 0 Å². The molecule has 0 aliphatic heterocycles. The molecule has 3 heterocycles. The van der Waals surface area contributed by atoms with Crippen LogP contribution in [0.2, 0.25) is 0 Å². The van der Waals surface area contributed by atoms with Crippen molar-refractivity contribution in [1.29, 1.82) is 15.8 Å². The molecule has 14 rings (SSSR count). The van der Waals surface area contributed by atoms with Crippen molar-refractivity contribution < 1.29 is 0 Å². The Labute approximate surface area is 504 Å². The van der Waals surface area contributed by atoms with Gasteiger partial charge in [0.25, 0.3) is 0 Å². The summed E-state index contributed by atoms with van der Waals surface area (Å²) in [4.78, 5) is 30.4. The average molecular weight is 1120 g/mol. The van der Waals surface area contributed by atoms with Crippen LogP contribution >= 0.6 is 0 Å². The highest BCUT2D eigenvalue weighted by Gasteiger charge is 2.25. The van der Waals surface area contributed by atoms with E-state index in [1.54, 1.807) is 0 Å². The number of nitriles is 3. The van der Waals surface area contributed by atoms with Gasteiger partial charge < -0.3 is 9.13 Å². The van der Waals surface area contributed by atoms with Gasteiger partial charge in [0.1, 0.15) is 0 Å². The van der Waals surface area contributed by atoms with Crippen LogP contribution in [0.5, 0.6) is 0 Å². The lowest BCUT2D eigenvalue weighted by Crippen LogP contribution is -2.04. The van der Waals surface area contributed by atoms with Crippen LogP contribution < -0.4 is 0 Å². The van der Waals surface area contributed by atoms with Crippen LogP contribution in [-0.2, 0) is 0 Å². The van der Waals surface area contributed by atoms with Crippen molar-refractivity contribution >= 4 is 66.4 Å². The van der Waals surface area contributed by atoms with Gasteiger partial charge >= 0.3 is 0 Å². The van der Waals surface area contributed by atoms with Crippen LogP contribution in [0.4, 0.5) is 22.7 Å². The highest BCUT2D eigenvalue weighted by molar-refractivity contribution is 6.13. The third kappa shape index (κ3) is 8.85. The molecule has 88 heavy (non-hydrogen) atoms. The molecule has 0 saturated heterocycles. The molecule has 12 nitrogen and oxygen atoms in total. The lowest BCUT2D eigenvalue weighted by Gasteiger charge is -2.21. The summed E-state index contributed by atoms with van der Waals surface area (Å²) >= 11 is 0.